The Morgan fingerprint density at radius 3 is 2.12 bits per heavy atom. The van der Waals surface area contributed by atoms with E-state index in [1.165, 1.54) is 0 Å². The molecule has 1 aromatic carbocycles. The van der Waals surface area contributed by atoms with Crippen LogP contribution in [-0.4, -0.2) is 11.1 Å². The first-order valence-electron chi connectivity index (χ1n) is 6.37. The van der Waals surface area contributed by atoms with E-state index in [4.69, 9.17) is 0 Å². The maximum atomic E-state index is 11.6. The van der Waals surface area contributed by atoms with Crippen LogP contribution in [0.2, 0.25) is 0 Å². The van der Waals surface area contributed by atoms with Crippen molar-refractivity contribution in [1.29, 1.82) is 0 Å². The number of hydrogen-bond donors (Lipinski definition) is 1. The number of carboxylic acids is 1. The summed E-state index contributed by atoms with van der Waals surface area (Å²) >= 11 is 0. The molecule has 1 saturated carbocycles. The van der Waals surface area contributed by atoms with Gasteiger partial charge in [-0.05, 0) is 23.8 Å². The summed E-state index contributed by atoms with van der Waals surface area (Å²) in [6.45, 7) is 4.33. The van der Waals surface area contributed by atoms with Crippen molar-refractivity contribution < 1.29 is 9.90 Å². The minimum absolute atomic E-state index is 0.244. The molecular formula is C15H20O2. The molecule has 1 aliphatic carbocycles. The van der Waals surface area contributed by atoms with Gasteiger partial charge in [0.1, 0.15) is 0 Å². The fraction of sp³-hybridized carbons (Fsp3) is 0.533. The van der Waals surface area contributed by atoms with Crippen molar-refractivity contribution in [2.75, 3.05) is 0 Å². The average Bonchev–Trinajstić information content (AvgIpc) is 2.30. The van der Waals surface area contributed by atoms with Crippen LogP contribution in [0.3, 0.4) is 0 Å². The third-order valence-electron chi connectivity index (χ3n) is 4.59. The number of carbonyl (C=O) groups is 1. The molecule has 2 rings (SSSR count). The topological polar surface area (TPSA) is 37.3 Å². The van der Waals surface area contributed by atoms with Crippen molar-refractivity contribution in [3.05, 3.63) is 35.9 Å². The van der Waals surface area contributed by atoms with E-state index in [0.29, 0.717) is 0 Å². The van der Waals surface area contributed by atoms with Crippen LogP contribution in [-0.2, 0) is 10.2 Å². The number of rotatable bonds is 4. The van der Waals surface area contributed by atoms with Crippen LogP contribution >= 0.6 is 0 Å². The molecular weight excluding hydrogens is 212 g/mol. The molecule has 17 heavy (non-hydrogen) atoms. The number of benzene rings is 1. The van der Waals surface area contributed by atoms with Crippen molar-refractivity contribution in [3.63, 3.8) is 0 Å². The van der Waals surface area contributed by atoms with Crippen LogP contribution in [0.5, 0.6) is 0 Å². The lowest BCUT2D eigenvalue weighted by atomic mass is 9.48. The molecule has 1 N–H and O–H groups in total. The summed E-state index contributed by atoms with van der Waals surface area (Å²) in [6, 6.07) is 9.69. The average molecular weight is 232 g/mol. The van der Waals surface area contributed by atoms with E-state index >= 15 is 0 Å². The minimum atomic E-state index is -0.666. The van der Waals surface area contributed by atoms with Crippen molar-refractivity contribution >= 4 is 5.97 Å². The Bertz CT molecular complexity index is 396. The largest absolute Gasteiger partial charge is 0.481 e. The zero-order valence-electron chi connectivity index (χ0n) is 10.6. The zero-order valence-corrected chi connectivity index (χ0v) is 10.6. The van der Waals surface area contributed by atoms with Crippen LogP contribution in [0.15, 0.2) is 30.3 Å². The molecule has 0 bridgehead atoms. The lowest BCUT2D eigenvalue weighted by Gasteiger charge is -2.54. The van der Waals surface area contributed by atoms with Gasteiger partial charge in [-0.1, -0.05) is 57.0 Å². The predicted molar refractivity (Wildman–Crippen MR) is 68.0 cm³/mol. The molecule has 0 amide bonds. The molecule has 0 spiro atoms. The van der Waals surface area contributed by atoms with Crippen molar-refractivity contribution in [2.45, 2.75) is 44.9 Å². The molecule has 0 unspecified atom stereocenters. The van der Waals surface area contributed by atoms with Crippen LogP contribution in [0.1, 0.15) is 45.1 Å². The highest BCUT2D eigenvalue weighted by Gasteiger charge is 2.57. The van der Waals surface area contributed by atoms with Crippen LogP contribution < -0.4 is 0 Å². The first-order valence-corrected chi connectivity index (χ1v) is 6.37. The molecule has 2 heteroatoms. The van der Waals surface area contributed by atoms with Gasteiger partial charge in [-0.25, -0.2) is 0 Å². The molecule has 1 fully saturated rings. The van der Waals surface area contributed by atoms with Gasteiger partial charge in [0.05, 0.1) is 5.41 Å². The van der Waals surface area contributed by atoms with Gasteiger partial charge in [0, 0.05) is 0 Å². The Kier molecular flexibility index (Phi) is 2.98. The molecule has 0 aliphatic heterocycles. The lowest BCUT2D eigenvalue weighted by Crippen LogP contribution is -2.54. The summed E-state index contributed by atoms with van der Waals surface area (Å²) in [6.07, 6.45) is 3.72. The minimum Gasteiger partial charge on any atom is -0.481 e. The number of hydrogen-bond acceptors (Lipinski definition) is 1. The van der Waals surface area contributed by atoms with Crippen molar-refractivity contribution in [3.8, 4) is 0 Å². The van der Waals surface area contributed by atoms with Crippen LogP contribution in [0.4, 0.5) is 0 Å². The van der Waals surface area contributed by atoms with Crippen LogP contribution in [0, 0.1) is 5.41 Å². The van der Waals surface area contributed by atoms with E-state index < -0.39 is 11.4 Å². The van der Waals surface area contributed by atoms with Gasteiger partial charge < -0.3 is 5.11 Å². The Morgan fingerprint density at radius 2 is 1.71 bits per heavy atom. The van der Waals surface area contributed by atoms with Gasteiger partial charge >= 0.3 is 5.97 Å². The van der Waals surface area contributed by atoms with Gasteiger partial charge in [-0.2, -0.15) is 0 Å². The summed E-state index contributed by atoms with van der Waals surface area (Å²) in [5, 5.41) is 9.56. The second-order valence-electron chi connectivity index (χ2n) is 5.31. The number of aliphatic carboxylic acids is 1. The first-order chi connectivity index (χ1) is 8.08. The Hall–Kier alpha value is -1.31. The highest BCUT2D eigenvalue weighted by atomic mass is 16.4. The summed E-state index contributed by atoms with van der Waals surface area (Å²) in [4.78, 5) is 11.6. The standard InChI is InChI=1S/C15H20O2/c1-3-14(4-2)10-15(11-14,13(16)17)12-8-6-5-7-9-12/h5-9H,3-4,10-11H2,1-2H3,(H,16,17). The lowest BCUT2D eigenvalue weighted by molar-refractivity contribution is -0.155. The van der Waals surface area contributed by atoms with E-state index in [1.807, 2.05) is 30.3 Å². The fourth-order valence-electron chi connectivity index (χ4n) is 3.21. The highest BCUT2D eigenvalue weighted by Crippen LogP contribution is 2.59. The maximum Gasteiger partial charge on any atom is 0.314 e. The van der Waals surface area contributed by atoms with Gasteiger partial charge in [0.25, 0.3) is 0 Å². The molecule has 2 nitrogen and oxygen atoms in total. The Morgan fingerprint density at radius 1 is 1.18 bits per heavy atom. The van der Waals surface area contributed by atoms with Gasteiger partial charge in [0.15, 0.2) is 0 Å². The Balaban J connectivity index is 2.31. The zero-order chi connectivity index (χ0) is 12.5. The molecule has 0 radical (unpaired) electrons. The predicted octanol–water partition coefficient (Wildman–Crippen LogP) is 3.61. The molecule has 1 aliphatic rings. The molecule has 0 aromatic heterocycles. The smallest absolute Gasteiger partial charge is 0.314 e. The first kappa shape index (κ1) is 12.2. The quantitative estimate of drug-likeness (QED) is 0.861. The van der Waals surface area contributed by atoms with E-state index in [0.717, 1.165) is 31.2 Å². The normalized spacial score (nSPS) is 20.6. The van der Waals surface area contributed by atoms with E-state index in [9.17, 15) is 9.90 Å². The second-order valence-corrected chi connectivity index (χ2v) is 5.31. The number of carboxylic acid groups (broad SMARTS) is 1. The molecule has 92 valence electrons. The van der Waals surface area contributed by atoms with Gasteiger partial charge in [-0.15, -0.1) is 0 Å². The van der Waals surface area contributed by atoms with Gasteiger partial charge in [-0.3, -0.25) is 4.79 Å². The summed E-state index contributed by atoms with van der Waals surface area (Å²) in [5.74, 6) is -0.666. The van der Waals surface area contributed by atoms with Crippen molar-refractivity contribution in [2.24, 2.45) is 5.41 Å². The third kappa shape index (κ3) is 1.76. The fourth-order valence-corrected chi connectivity index (χ4v) is 3.21. The van der Waals surface area contributed by atoms with E-state index in [2.05, 4.69) is 13.8 Å². The summed E-state index contributed by atoms with van der Waals surface area (Å²) in [5.41, 5.74) is 0.576. The summed E-state index contributed by atoms with van der Waals surface area (Å²) < 4.78 is 0. The monoisotopic (exact) mass is 232 g/mol. The maximum absolute atomic E-state index is 11.6. The van der Waals surface area contributed by atoms with E-state index in [-0.39, 0.29) is 5.41 Å². The molecule has 0 heterocycles. The molecule has 0 atom stereocenters. The van der Waals surface area contributed by atoms with Crippen molar-refractivity contribution in [1.82, 2.24) is 0 Å². The highest BCUT2D eigenvalue weighted by molar-refractivity contribution is 5.83. The molecule has 1 aromatic rings. The summed E-state index contributed by atoms with van der Waals surface area (Å²) in [7, 11) is 0. The second kappa shape index (κ2) is 4.17. The Labute approximate surface area is 103 Å². The van der Waals surface area contributed by atoms with Crippen LogP contribution in [0.25, 0.3) is 0 Å². The SMILES string of the molecule is CCC1(CC)CC(C(=O)O)(c2ccccc2)C1. The third-order valence-corrected chi connectivity index (χ3v) is 4.59. The molecule has 0 saturated heterocycles. The van der Waals surface area contributed by atoms with Gasteiger partial charge in [0.2, 0.25) is 0 Å². The van der Waals surface area contributed by atoms with E-state index in [1.54, 1.807) is 0 Å².